The van der Waals surface area contributed by atoms with Gasteiger partial charge in [0.1, 0.15) is 6.54 Å². The Morgan fingerprint density at radius 1 is 1.20 bits per heavy atom. The van der Waals surface area contributed by atoms with E-state index in [9.17, 15) is 14.4 Å². The number of amides is 3. The number of nitrogens with zero attached hydrogens (tertiary/aromatic N) is 2. The van der Waals surface area contributed by atoms with Gasteiger partial charge >= 0.3 is 12.0 Å². The van der Waals surface area contributed by atoms with Gasteiger partial charge in [0.2, 0.25) is 5.91 Å². The summed E-state index contributed by atoms with van der Waals surface area (Å²) in [6.45, 7) is 4.57. The number of nitrogens with one attached hydrogen (secondary N) is 1. The van der Waals surface area contributed by atoms with Gasteiger partial charge < -0.3 is 20.2 Å². The molecule has 0 bridgehead atoms. The molecule has 0 spiro atoms. The van der Waals surface area contributed by atoms with E-state index in [1.165, 1.54) is 0 Å². The first kappa shape index (κ1) is 17.8. The third-order valence-electron chi connectivity index (χ3n) is 2.63. The lowest BCUT2D eigenvalue weighted by Gasteiger charge is -2.20. The third-order valence-corrected chi connectivity index (χ3v) is 2.63. The number of carboxylic acids is 1. The average Bonchev–Trinajstić information content (AvgIpc) is 2.39. The highest BCUT2D eigenvalue weighted by Gasteiger charge is 2.16. The van der Waals surface area contributed by atoms with Crippen molar-refractivity contribution in [1.29, 1.82) is 0 Å². The minimum Gasteiger partial charge on any atom is -0.480 e. The van der Waals surface area contributed by atoms with Gasteiger partial charge in [-0.1, -0.05) is 5.92 Å². The van der Waals surface area contributed by atoms with Crippen LogP contribution in [-0.4, -0.2) is 65.5 Å². The van der Waals surface area contributed by atoms with E-state index in [4.69, 9.17) is 11.5 Å². The zero-order valence-electron chi connectivity index (χ0n) is 11.9. The summed E-state index contributed by atoms with van der Waals surface area (Å²) in [5.74, 6) is 1.01. The van der Waals surface area contributed by atoms with Gasteiger partial charge in [-0.25, -0.2) is 4.79 Å². The van der Waals surface area contributed by atoms with Crippen LogP contribution in [0.4, 0.5) is 4.79 Å². The third kappa shape index (κ3) is 6.64. The minimum absolute atomic E-state index is 0.0583. The fourth-order valence-electron chi connectivity index (χ4n) is 1.60. The number of aliphatic carboxylic acids is 1. The number of terminal acetylenes is 1. The standard InChI is InChI=1S/C13H21N3O4/c1-4-9-16(10-12(18)19)13(20)14-8-7-11(17)15(5-2)6-3/h1H,5-10H2,2-3H3,(H,14,20)(H,18,19). The normalized spacial score (nSPS) is 9.45. The molecule has 0 fully saturated rings. The number of carbonyl (C=O) groups is 3. The molecule has 7 heteroatoms. The Morgan fingerprint density at radius 2 is 1.80 bits per heavy atom. The summed E-state index contributed by atoms with van der Waals surface area (Å²) in [5.41, 5.74) is 0. The van der Waals surface area contributed by atoms with Crippen LogP contribution in [0.1, 0.15) is 20.3 Å². The summed E-state index contributed by atoms with van der Waals surface area (Å²) >= 11 is 0. The van der Waals surface area contributed by atoms with Crippen molar-refractivity contribution < 1.29 is 19.5 Å². The molecule has 0 heterocycles. The van der Waals surface area contributed by atoms with Gasteiger partial charge in [-0.15, -0.1) is 6.42 Å². The van der Waals surface area contributed by atoms with E-state index < -0.39 is 18.5 Å². The molecule has 0 rings (SSSR count). The molecule has 0 aliphatic carbocycles. The van der Waals surface area contributed by atoms with Crippen LogP contribution in [-0.2, 0) is 9.59 Å². The topological polar surface area (TPSA) is 90.0 Å². The summed E-state index contributed by atoms with van der Waals surface area (Å²) in [6, 6.07) is -0.585. The van der Waals surface area contributed by atoms with Crippen LogP contribution in [0, 0.1) is 12.3 Å². The first-order chi connectivity index (χ1) is 9.46. The fourth-order valence-corrected chi connectivity index (χ4v) is 1.60. The number of rotatable bonds is 8. The molecule has 0 aromatic rings. The zero-order chi connectivity index (χ0) is 15.5. The highest BCUT2D eigenvalue weighted by molar-refractivity contribution is 5.81. The summed E-state index contributed by atoms with van der Waals surface area (Å²) in [7, 11) is 0. The van der Waals surface area contributed by atoms with Gasteiger partial charge in [0, 0.05) is 26.1 Å². The highest BCUT2D eigenvalue weighted by atomic mass is 16.4. The largest absolute Gasteiger partial charge is 0.480 e. The van der Waals surface area contributed by atoms with Crippen LogP contribution in [0.3, 0.4) is 0 Å². The molecular formula is C13H21N3O4. The smallest absolute Gasteiger partial charge is 0.323 e. The SMILES string of the molecule is C#CCN(CC(=O)O)C(=O)NCCC(=O)N(CC)CC. The molecule has 0 aliphatic rings. The van der Waals surface area contributed by atoms with Crippen LogP contribution in [0.25, 0.3) is 0 Å². The first-order valence-electron chi connectivity index (χ1n) is 6.42. The molecular weight excluding hydrogens is 262 g/mol. The second-order valence-corrected chi connectivity index (χ2v) is 4.00. The molecule has 20 heavy (non-hydrogen) atoms. The van der Waals surface area contributed by atoms with Crippen molar-refractivity contribution in [3.63, 3.8) is 0 Å². The van der Waals surface area contributed by atoms with Gasteiger partial charge in [-0.3, -0.25) is 9.59 Å². The Morgan fingerprint density at radius 3 is 2.25 bits per heavy atom. The van der Waals surface area contributed by atoms with Gasteiger partial charge in [0.05, 0.1) is 6.54 Å². The molecule has 0 saturated carbocycles. The number of hydrogen-bond donors (Lipinski definition) is 2. The minimum atomic E-state index is -1.14. The molecule has 0 aliphatic heterocycles. The van der Waals surface area contributed by atoms with Gasteiger partial charge in [0.25, 0.3) is 0 Å². The maximum absolute atomic E-state index is 11.7. The molecule has 0 aromatic heterocycles. The lowest BCUT2D eigenvalue weighted by Crippen LogP contribution is -2.44. The van der Waals surface area contributed by atoms with Crippen LogP contribution in [0.2, 0.25) is 0 Å². The predicted molar refractivity (Wildman–Crippen MR) is 74.0 cm³/mol. The molecule has 0 atom stereocenters. The summed E-state index contributed by atoms with van der Waals surface area (Å²) in [5, 5.41) is 11.1. The van der Waals surface area contributed by atoms with E-state index >= 15 is 0 Å². The molecule has 3 amide bonds. The monoisotopic (exact) mass is 283 g/mol. The van der Waals surface area contributed by atoms with Crippen LogP contribution < -0.4 is 5.32 Å². The lowest BCUT2D eigenvalue weighted by atomic mass is 10.3. The van der Waals surface area contributed by atoms with Crippen molar-refractivity contribution in [1.82, 2.24) is 15.1 Å². The Balaban J connectivity index is 4.22. The molecule has 7 nitrogen and oxygen atoms in total. The van der Waals surface area contributed by atoms with E-state index in [1.54, 1.807) is 4.90 Å². The average molecular weight is 283 g/mol. The molecule has 0 saturated heterocycles. The van der Waals surface area contributed by atoms with E-state index in [2.05, 4.69) is 11.2 Å². The Hall–Kier alpha value is -2.23. The van der Waals surface area contributed by atoms with Crippen molar-refractivity contribution in [3.8, 4) is 12.3 Å². The first-order valence-corrected chi connectivity index (χ1v) is 6.42. The number of carboxylic acid groups (broad SMARTS) is 1. The Kier molecular flexibility index (Phi) is 8.59. The molecule has 0 unspecified atom stereocenters. The molecule has 2 N–H and O–H groups in total. The van der Waals surface area contributed by atoms with Crippen molar-refractivity contribution in [2.24, 2.45) is 0 Å². The second kappa shape index (κ2) is 9.67. The zero-order valence-corrected chi connectivity index (χ0v) is 11.9. The quantitative estimate of drug-likeness (QED) is 0.612. The lowest BCUT2D eigenvalue weighted by molar-refractivity contribution is -0.137. The van der Waals surface area contributed by atoms with Crippen molar-refractivity contribution in [2.45, 2.75) is 20.3 Å². The van der Waals surface area contributed by atoms with Crippen LogP contribution in [0.5, 0.6) is 0 Å². The van der Waals surface area contributed by atoms with E-state index in [-0.39, 0.29) is 25.4 Å². The molecule has 0 aromatic carbocycles. The van der Waals surface area contributed by atoms with Gasteiger partial charge in [-0.2, -0.15) is 0 Å². The van der Waals surface area contributed by atoms with E-state index in [0.29, 0.717) is 13.1 Å². The molecule has 0 radical (unpaired) electrons. The van der Waals surface area contributed by atoms with Crippen molar-refractivity contribution >= 4 is 17.9 Å². The van der Waals surface area contributed by atoms with E-state index in [0.717, 1.165) is 4.90 Å². The summed E-state index contributed by atoms with van der Waals surface area (Å²) < 4.78 is 0. The number of hydrogen-bond acceptors (Lipinski definition) is 3. The summed E-state index contributed by atoms with van der Waals surface area (Å²) in [4.78, 5) is 36.6. The van der Waals surface area contributed by atoms with Crippen LogP contribution in [0.15, 0.2) is 0 Å². The number of urea groups is 1. The second-order valence-electron chi connectivity index (χ2n) is 4.00. The predicted octanol–water partition coefficient (Wildman–Crippen LogP) is -0.0257. The van der Waals surface area contributed by atoms with Gasteiger partial charge in [-0.05, 0) is 13.8 Å². The maximum atomic E-state index is 11.7. The van der Waals surface area contributed by atoms with Crippen molar-refractivity contribution in [3.05, 3.63) is 0 Å². The van der Waals surface area contributed by atoms with Crippen molar-refractivity contribution in [2.75, 3.05) is 32.7 Å². The van der Waals surface area contributed by atoms with Crippen LogP contribution >= 0.6 is 0 Å². The highest BCUT2D eigenvalue weighted by Crippen LogP contribution is 1.94. The Labute approximate surface area is 118 Å². The van der Waals surface area contributed by atoms with Gasteiger partial charge in [0.15, 0.2) is 0 Å². The maximum Gasteiger partial charge on any atom is 0.323 e. The fraction of sp³-hybridized carbons (Fsp3) is 0.615. The Bertz CT molecular complexity index is 386. The number of carbonyl (C=O) groups excluding carboxylic acids is 2. The molecule has 112 valence electrons. The van der Waals surface area contributed by atoms with E-state index in [1.807, 2.05) is 13.8 Å². The summed E-state index contributed by atoms with van der Waals surface area (Å²) in [6.07, 6.45) is 5.24.